The van der Waals surface area contributed by atoms with Crippen LogP contribution in [0.3, 0.4) is 0 Å². The van der Waals surface area contributed by atoms with Gasteiger partial charge in [-0.1, -0.05) is 6.92 Å². The van der Waals surface area contributed by atoms with Crippen LogP contribution in [0, 0.1) is 5.92 Å². The van der Waals surface area contributed by atoms with Crippen molar-refractivity contribution in [2.75, 3.05) is 27.3 Å². The predicted molar refractivity (Wildman–Crippen MR) is 101 cm³/mol. The Morgan fingerprint density at radius 2 is 2.00 bits per heavy atom. The molecular formula is C20H25NO3S. The van der Waals surface area contributed by atoms with Crippen molar-refractivity contribution in [3.8, 4) is 11.5 Å². The number of nitrogens with zero attached hydrogens (tertiary/aromatic N) is 1. The highest BCUT2D eigenvalue weighted by Crippen LogP contribution is 2.32. The van der Waals surface area contributed by atoms with E-state index in [-0.39, 0.29) is 5.91 Å². The fraction of sp³-hybridized carbons (Fsp3) is 0.450. The Labute approximate surface area is 153 Å². The highest BCUT2D eigenvalue weighted by atomic mass is 32.1. The number of ether oxygens (including phenoxy) is 2. The number of thiophene rings is 1. The van der Waals surface area contributed by atoms with Gasteiger partial charge in [0.1, 0.15) is 18.1 Å². The summed E-state index contributed by atoms with van der Waals surface area (Å²) in [6.45, 7) is 3.31. The van der Waals surface area contributed by atoms with Gasteiger partial charge in [0, 0.05) is 11.9 Å². The Kier molecular flexibility index (Phi) is 5.63. The van der Waals surface area contributed by atoms with Crippen LogP contribution in [0.15, 0.2) is 30.3 Å². The molecule has 0 bridgehead atoms. The number of rotatable bonds is 6. The van der Waals surface area contributed by atoms with Crippen LogP contribution in [0.25, 0.3) is 0 Å². The zero-order valence-electron chi connectivity index (χ0n) is 15.1. The molecule has 0 radical (unpaired) electrons. The van der Waals surface area contributed by atoms with Gasteiger partial charge in [-0.2, -0.15) is 0 Å². The van der Waals surface area contributed by atoms with Gasteiger partial charge in [0.2, 0.25) is 0 Å². The molecule has 134 valence electrons. The molecule has 1 aliphatic rings. The van der Waals surface area contributed by atoms with E-state index >= 15 is 0 Å². The lowest BCUT2D eigenvalue weighted by molar-refractivity contribution is 0.0778. The lowest BCUT2D eigenvalue weighted by Crippen LogP contribution is -2.30. The predicted octanol–water partition coefficient (Wildman–Crippen LogP) is 4.03. The molecule has 0 spiro atoms. The number of amides is 1. The summed E-state index contributed by atoms with van der Waals surface area (Å²) in [5, 5.41) is 0. The number of aryl methyl sites for hydroxylation is 1. The fourth-order valence-electron chi connectivity index (χ4n) is 3.07. The number of carbonyl (C=O) groups is 1. The van der Waals surface area contributed by atoms with Crippen LogP contribution >= 0.6 is 11.3 Å². The summed E-state index contributed by atoms with van der Waals surface area (Å²) in [6, 6.07) is 9.56. The molecule has 1 aliphatic carbocycles. The average Bonchev–Trinajstić information content (AvgIpc) is 3.04. The zero-order chi connectivity index (χ0) is 17.8. The Hall–Kier alpha value is -2.01. The Bertz CT molecular complexity index is 723. The van der Waals surface area contributed by atoms with E-state index in [9.17, 15) is 4.79 Å². The van der Waals surface area contributed by atoms with E-state index in [1.165, 1.54) is 16.9 Å². The van der Waals surface area contributed by atoms with Crippen molar-refractivity contribution < 1.29 is 14.3 Å². The summed E-state index contributed by atoms with van der Waals surface area (Å²) in [5.41, 5.74) is 1.37. The summed E-state index contributed by atoms with van der Waals surface area (Å²) in [5.74, 6) is 2.39. The van der Waals surface area contributed by atoms with Crippen molar-refractivity contribution in [1.29, 1.82) is 0 Å². The minimum absolute atomic E-state index is 0.0883. The molecule has 3 rings (SSSR count). The van der Waals surface area contributed by atoms with E-state index < -0.39 is 0 Å². The van der Waals surface area contributed by atoms with Crippen LogP contribution in [0.5, 0.6) is 11.5 Å². The molecule has 1 atom stereocenters. The highest BCUT2D eigenvalue weighted by molar-refractivity contribution is 7.14. The minimum atomic E-state index is 0.0883. The van der Waals surface area contributed by atoms with Gasteiger partial charge < -0.3 is 14.4 Å². The molecule has 1 heterocycles. The quantitative estimate of drug-likeness (QED) is 0.781. The standard InChI is InChI=1S/C20H25NO3S/c1-14-4-9-18-15(12-14)13-19(25-18)20(22)21(2)10-11-24-17-7-5-16(23-3)6-8-17/h5-8,13-14H,4,9-12H2,1-3H3/t14-/m1/s1. The highest BCUT2D eigenvalue weighted by Gasteiger charge is 2.22. The van der Waals surface area contributed by atoms with E-state index in [4.69, 9.17) is 9.47 Å². The van der Waals surface area contributed by atoms with Crippen molar-refractivity contribution in [2.45, 2.75) is 26.2 Å². The summed E-state index contributed by atoms with van der Waals surface area (Å²) in [4.78, 5) is 16.6. The van der Waals surface area contributed by atoms with Gasteiger partial charge in [0.15, 0.2) is 0 Å². The fourth-order valence-corrected chi connectivity index (χ4v) is 4.28. The van der Waals surface area contributed by atoms with E-state index in [1.807, 2.05) is 31.3 Å². The van der Waals surface area contributed by atoms with Gasteiger partial charge in [-0.3, -0.25) is 4.79 Å². The summed E-state index contributed by atoms with van der Waals surface area (Å²) in [6.07, 6.45) is 3.44. The second kappa shape index (κ2) is 7.91. The summed E-state index contributed by atoms with van der Waals surface area (Å²) >= 11 is 1.66. The maximum Gasteiger partial charge on any atom is 0.263 e. The maximum absolute atomic E-state index is 12.6. The number of benzene rings is 1. The molecule has 1 aromatic carbocycles. The molecule has 1 amide bonds. The number of methoxy groups -OCH3 is 1. The van der Waals surface area contributed by atoms with E-state index in [0.717, 1.165) is 35.1 Å². The number of likely N-dealkylation sites (N-methyl/N-ethyl adjacent to an activating group) is 1. The smallest absolute Gasteiger partial charge is 0.263 e. The van der Waals surface area contributed by atoms with Crippen molar-refractivity contribution in [3.05, 3.63) is 45.6 Å². The van der Waals surface area contributed by atoms with Crippen LogP contribution in [0.4, 0.5) is 0 Å². The first kappa shape index (κ1) is 17.8. The van der Waals surface area contributed by atoms with E-state index in [1.54, 1.807) is 23.3 Å². The van der Waals surface area contributed by atoms with Crippen LogP contribution in [0.2, 0.25) is 0 Å². The lowest BCUT2D eigenvalue weighted by Gasteiger charge is -2.16. The molecule has 0 aliphatic heterocycles. The van der Waals surface area contributed by atoms with Crippen molar-refractivity contribution in [3.63, 3.8) is 0 Å². The third kappa shape index (κ3) is 4.34. The van der Waals surface area contributed by atoms with Crippen molar-refractivity contribution in [1.82, 2.24) is 4.90 Å². The normalized spacial score (nSPS) is 16.2. The van der Waals surface area contributed by atoms with Gasteiger partial charge in [0.25, 0.3) is 5.91 Å². The Morgan fingerprint density at radius 1 is 1.28 bits per heavy atom. The first-order chi connectivity index (χ1) is 12.1. The molecule has 0 fully saturated rings. The first-order valence-corrected chi connectivity index (χ1v) is 9.52. The molecule has 0 saturated carbocycles. The Balaban J connectivity index is 1.52. The monoisotopic (exact) mass is 359 g/mol. The molecule has 0 saturated heterocycles. The van der Waals surface area contributed by atoms with Gasteiger partial charge in [-0.25, -0.2) is 0 Å². The SMILES string of the molecule is COc1ccc(OCCN(C)C(=O)c2cc3c(s2)CC[C@@H](C)C3)cc1. The molecule has 2 aromatic rings. The van der Waals surface area contributed by atoms with Crippen LogP contribution < -0.4 is 9.47 Å². The zero-order valence-corrected chi connectivity index (χ0v) is 15.9. The number of hydrogen-bond acceptors (Lipinski definition) is 4. The second-order valence-electron chi connectivity index (χ2n) is 6.66. The van der Waals surface area contributed by atoms with Crippen LogP contribution in [-0.2, 0) is 12.8 Å². The molecule has 25 heavy (non-hydrogen) atoms. The van der Waals surface area contributed by atoms with Crippen LogP contribution in [-0.4, -0.2) is 38.1 Å². The number of fused-ring (bicyclic) bond motifs is 1. The lowest BCUT2D eigenvalue weighted by atomic mass is 9.90. The van der Waals surface area contributed by atoms with E-state index in [2.05, 4.69) is 13.0 Å². The largest absolute Gasteiger partial charge is 0.497 e. The molecular weight excluding hydrogens is 334 g/mol. The number of carbonyl (C=O) groups excluding carboxylic acids is 1. The topological polar surface area (TPSA) is 38.8 Å². The van der Waals surface area contributed by atoms with Gasteiger partial charge in [-0.15, -0.1) is 11.3 Å². The van der Waals surface area contributed by atoms with Crippen molar-refractivity contribution >= 4 is 17.2 Å². The summed E-state index contributed by atoms with van der Waals surface area (Å²) < 4.78 is 10.8. The third-order valence-electron chi connectivity index (χ3n) is 4.64. The molecule has 4 nitrogen and oxygen atoms in total. The second-order valence-corrected chi connectivity index (χ2v) is 7.79. The van der Waals surface area contributed by atoms with Gasteiger partial charge >= 0.3 is 0 Å². The van der Waals surface area contributed by atoms with Crippen LogP contribution in [0.1, 0.15) is 33.5 Å². The van der Waals surface area contributed by atoms with Gasteiger partial charge in [-0.05, 0) is 61.1 Å². The molecule has 0 N–H and O–H groups in total. The summed E-state index contributed by atoms with van der Waals surface area (Å²) in [7, 11) is 3.47. The molecule has 0 unspecified atom stereocenters. The molecule has 5 heteroatoms. The minimum Gasteiger partial charge on any atom is -0.497 e. The average molecular weight is 359 g/mol. The first-order valence-electron chi connectivity index (χ1n) is 8.70. The Morgan fingerprint density at radius 3 is 2.72 bits per heavy atom. The third-order valence-corrected chi connectivity index (χ3v) is 5.87. The molecule has 1 aromatic heterocycles. The van der Waals surface area contributed by atoms with Gasteiger partial charge in [0.05, 0.1) is 18.5 Å². The van der Waals surface area contributed by atoms with Crippen molar-refractivity contribution in [2.24, 2.45) is 5.92 Å². The van der Waals surface area contributed by atoms with E-state index in [0.29, 0.717) is 13.2 Å². The maximum atomic E-state index is 12.6. The number of hydrogen-bond donors (Lipinski definition) is 0.